The van der Waals surface area contributed by atoms with E-state index in [2.05, 4.69) is 324 Å². The molecule has 0 spiro atoms. The summed E-state index contributed by atoms with van der Waals surface area (Å²) in [6, 6.07) is 73.3. The molecule has 12 aromatic carbocycles. The van der Waals surface area contributed by atoms with Crippen molar-refractivity contribution < 1.29 is 139 Å². The zero-order valence-electron chi connectivity index (χ0n) is 68.9. The van der Waals surface area contributed by atoms with Gasteiger partial charge in [-0.15, -0.1) is 0 Å². The predicted molar refractivity (Wildman–Crippen MR) is 463 cm³/mol. The van der Waals surface area contributed by atoms with Crippen LogP contribution >= 0.6 is 31.7 Å². The van der Waals surface area contributed by atoms with E-state index >= 15 is 0 Å². The van der Waals surface area contributed by atoms with Gasteiger partial charge >= 0.3 is 39.0 Å². The molecule has 0 aliphatic carbocycles. The average Bonchev–Trinajstić information content (AvgIpc) is 1.57. The Kier molecular flexibility index (Phi) is 35.0. The van der Waals surface area contributed by atoms with Crippen LogP contribution in [0, 0.1) is 111 Å². The summed E-state index contributed by atoms with van der Waals surface area (Å²) in [6.07, 6.45) is 0. The number of fused-ring (bicyclic) bond motifs is 4. The SMILES string of the molecule is CCNCC.Cc1cc(C)cc(P(c2cc(C)cc(C)c2)c2ccc3c(c2-c2c(P(c4cc(C)cc(C)c4)c4cc(C)cc(C)c4)ccc4c2OCO4)OCO3)c1.Cc1cc(C)cc(P(c2cc(C)cc(C)c2)c2ccc3c(c2-c2c(P(c4cc(C)cc(C)c4)c4cc(C)cc(C)c4)ccc4c2OCO4)OCO3)c1.[Cl-].[Cl-].[Cl-].[Cl-].[Cl-].[Ru+2].[Ru+2]. The second-order valence-electron chi connectivity index (χ2n) is 29.8. The van der Waals surface area contributed by atoms with E-state index in [0.717, 1.165) is 81.3 Å². The third-order valence-corrected chi connectivity index (χ3v) is 29.4. The standard InChI is InChI=1S/2C46H44O4P2.C4H11N.5ClH.2Ru/c2*1-27-13-28(2)18-35(17-27)51(36-19-29(3)14-30(4)20-36)41-11-9-39-45(49-25-47-39)43(41)44-42(12-10-40-46(44)50-26-48-40)52(37-21-31(5)15-32(6)22-37)38-23-33(7)16-34(8)24-38;1-3-5-4-2;;;;;;;/h2*9-24H,25-26H2,1-8H3;5H,3-4H2,1-2H3;5*1H;;/q;;;;;;;;2*+2/p-5. The van der Waals surface area contributed by atoms with Gasteiger partial charge in [-0.2, -0.15) is 0 Å². The van der Waals surface area contributed by atoms with Crippen molar-refractivity contribution in [1.82, 2.24) is 5.32 Å². The summed E-state index contributed by atoms with van der Waals surface area (Å²) < 4.78 is 50.7. The van der Waals surface area contributed by atoms with Crippen LogP contribution in [0.15, 0.2) is 194 Å². The van der Waals surface area contributed by atoms with Crippen LogP contribution in [0.2, 0.25) is 0 Å². The second-order valence-corrected chi connectivity index (χ2v) is 38.6. The minimum atomic E-state index is -1.05. The topological polar surface area (TPSA) is 85.9 Å². The molecule has 116 heavy (non-hydrogen) atoms. The van der Waals surface area contributed by atoms with Crippen LogP contribution in [-0.4, -0.2) is 40.3 Å². The molecule has 0 saturated carbocycles. The van der Waals surface area contributed by atoms with Crippen molar-refractivity contribution in [2.75, 3.05) is 40.3 Å². The summed E-state index contributed by atoms with van der Waals surface area (Å²) in [4.78, 5) is 0. The van der Waals surface area contributed by atoms with Gasteiger partial charge in [0.2, 0.25) is 27.2 Å². The monoisotopic (exact) mass is 1900 g/mol. The van der Waals surface area contributed by atoms with Crippen LogP contribution in [0.25, 0.3) is 22.3 Å². The first-order valence-corrected chi connectivity index (χ1v) is 43.1. The summed E-state index contributed by atoms with van der Waals surface area (Å²) in [5.74, 6) is 6.05. The molecular formula is C96H99Cl5NO8P4Ru2-. The number of ether oxygens (including phenoxy) is 8. The Morgan fingerprint density at radius 2 is 0.353 bits per heavy atom. The molecule has 4 heterocycles. The van der Waals surface area contributed by atoms with Crippen LogP contribution in [0.1, 0.15) is 103 Å². The number of rotatable bonds is 16. The maximum Gasteiger partial charge on any atom is 2.00 e. The molecule has 4 aliphatic rings. The van der Waals surface area contributed by atoms with Crippen LogP contribution in [0.5, 0.6) is 46.0 Å². The van der Waals surface area contributed by atoms with Crippen LogP contribution in [-0.2, 0) is 39.0 Å². The van der Waals surface area contributed by atoms with E-state index in [1.807, 2.05) is 0 Å². The fourth-order valence-electron chi connectivity index (χ4n) is 16.2. The van der Waals surface area contributed by atoms with E-state index in [4.69, 9.17) is 37.9 Å². The summed E-state index contributed by atoms with van der Waals surface area (Å²) in [7, 11) is -4.22. The summed E-state index contributed by atoms with van der Waals surface area (Å²) >= 11 is 0. The number of aryl methyl sites for hydroxylation is 16. The van der Waals surface area contributed by atoms with Gasteiger partial charge in [0, 0.05) is 22.3 Å². The number of halogens is 5. The average molecular weight is 1900 g/mol. The summed E-state index contributed by atoms with van der Waals surface area (Å²) in [5.41, 5.74) is 24.1. The smallest absolute Gasteiger partial charge is 1.00 e. The van der Waals surface area contributed by atoms with Gasteiger partial charge in [0.15, 0.2) is 46.0 Å². The van der Waals surface area contributed by atoms with E-state index in [1.165, 1.54) is 153 Å². The van der Waals surface area contributed by atoms with Crippen molar-refractivity contribution in [3.8, 4) is 68.2 Å². The molecule has 1 N–H and O–H groups in total. The molecule has 16 rings (SSSR count). The summed E-state index contributed by atoms with van der Waals surface area (Å²) in [5, 5.41) is 18.3. The van der Waals surface area contributed by atoms with E-state index < -0.39 is 31.7 Å². The van der Waals surface area contributed by atoms with Gasteiger partial charge in [-0.05, 0) is 268 Å². The molecule has 4 aliphatic heterocycles. The van der Waals surface area contributed by atoms with Crippen molar-refractivity contribution in [2.45, 2.75) is 125 Å². The molecule has 0 bridgehead atoms. The number of hydrogen-bond acceptors (Lipinski definition) is 9. The molecular weight excluding hydrogens is 1800 g/mol. The zero-order valence-corrected chi connectivity index (χ0v) is 79.7. The molecule has 0 saturated heterocycles. The van der Waals surface area contributed by atoms with Gasteiger partial charge in [0.1, 0.15) is 0 Å². The minimum Gasteiger partial charge on any atom is -1.00 e. The third kappa shape index (κ3) is 21.2. The maximum atomic E-state index is 6.52. The minimum absolute atomic E-state index is 0. The molecule has 0 unspecified atom stereocenters. The van der Waals surface area contributed by atoms with Crippen molar-refractivity contribution in [1.29, 1.82) is 0 Å². The van der Waals surface area contributed by atoms with Crippen LogP contribution in [0.3, 0.4) is 0 Å². The van der Waals surface area contributed by atoms with Crippen LogP contribution < -0.4 is 169 Å². The molecule has 20 heteroatoms. The summed E-state index contributed by atoms with van der Waals surface area (Å²) in [6.45, 7) is 42.2. The quantitative estimate of drug-likeness (QED) is 0.116. The fraction of sp³-hybridized carbons (Fsp3) is 0.250. The molecule has 0 aromatic heterocycles. The van der Waals surface area contributed by atoms with E-state index in [9.17, 15) is 0 Å². The van der Waals surface area contributed by atoms with Gasteiger partial charge in [0.25, 0.3) is 0 Å². The molecule has 0 atom stereocenters. The molecule has 12 aromatic rings. The zero-order chi connectivity index (χ0) is 76.6. The predicted octanol–water partition coefficient (Wildman–Crippen LogP) is 3.22. The first-order chi connectivity index (χ1) is 52.4. The largest absolute Gasteiger partial charge is 2.00 e. The number of nitrogens with one attached hydrogen (secondary N) is 1. The van der Waals surface area contributed by atoms with Gasteiger partial charge < -0.3 is 105 Å². The Morgan fingerprint density at radius 1 is 0.216 bits per heavy atom. The van der Waals surface area contributed by atoms with E-state index in [1.54, 1.807) is 0 Å². The Bertz CT molecular complexity index is 4500. The number of hydrogen-bond donors (Lipinski definition) is 1. The molecule has 0 radical (unpaired) electrons. The number of benzene rings is 12. The third-order valence-electron chi connectivity index (χ3n) is 19.7. The fourth-order valence-corrected chi connectivity index (χ4v) is 27.5. The van der Waals surface area contributed by atoms with Crippen molar-refractivity contribution in [2.24, 2.45) is 0 Å². The Morgan fingerprint density at radius 3 is 0.474 bits per heavy atom. The van der Waals surface area contributed by atoms with Gasteiger partial charge in [-0.1, -0.05) is 248 Å². The van der Waals surface area contributed by atoms with Gasteiger partial charge in [0.05, 0.1) is 0 Å². The molecule has 0 fully saturated rings. The first-order valence-electron chi connectivity index (χ1n) is 37.7. The van der Waals surface area contributed by atoms with Crippen molar-refractivity contribution in [3.63, 3.8) is 0 Å². The molecule has 9 nitrogen and oxygen atoms in total. The Labute approximate surface area is 749 Å². The van der Waals surface area contributed by atoms with Gasteiger partial charge in [-0.3, -0.25) is 0 Å². The normalized spacial score (nSPS) is 12.1. The molecule has 0 amide bonds. The Balaban J connectivity index is 0.000000287. The maximum absolute atomic E-state index is 6.52. The molecule has 608 valence electrons. The van der Waals surface area contributed by atoms with Crippen LogP contribution in [0.4, 0.5) is 0 Å². The van der Waals surface area contributed by atoms with E-state index in [-0.39, 0.29) is 128 Å². The van der Waals surface area contributed by atoms with Crippen molar-refractivity contribution >= 4 is 95.3 Å². The Hall–Kier alpha value is -6.58. The van der Waals surface area contributed by atoms with Gasteiger partial charge in [-0.25, -0.2) is 0 Å². The van der Waals surface area contributed by atoms with Crippen molar-refractivity contribution in [3.05, 3.63) is 283 Å². The first kappa shape index (κ1) is 96.5. The van der Waals surface area contributed by atoms with E-state index in [0.29, 0.717) is 0 Å². The second kappa shape index (κ2) is 42.1.